The van der Waals surface area contributed by atoms with Crippen LogP contribution in [-0.4, -0.2) is 52.7 Å². The number of aromatic nitrogens is 1. The molecule has 0 bridgehead atoms. The van der Waals surface area contributed by atoms with Gasteiger partial charge in [-0.05, 0) is 13.8 Å². The van der Waals surface area contributed by atoms with Gasteiger partial charge in [-0.2, -0.15) is 0 Å². The summed E-state index contributed by atoms with van der Waals surface area (Å²) in [7, 11) is 0. The molecule has 1 aromatic rings. The Balaban J connectivity index is 2.26. The molecule has 1 saturated heterocycles. The van der Waals surface area contributed by atoms with Crippen LogP contribution in [0.4, 0.5) is 0 Å². The summed E-state index contributed by atoms with van der Waals surface area (Å²) in [6, 6.07) is -0.909. The predicted octanol–water partition coefficient (Wildman–Crippen LogP) is 0.686. The second-order valence-electron chi connectivity index (χ2n) is 4.07. The van der Waals surface area contributed by atoms with Gasteiger partial charge >= 0.3 is 5.97 Å². The van der Waals surface area contributed by atoms with Gasteiger partial charge in [-0.1, -0.05) is 0 Å². The molecule has 2 heterocycles. The maximum Gasteiger partial charge on any atom is 0.328 e. The first-order chi connectivity index (χ1) is 8.50. The van der Waals surface area contributed by atoms with E-state index >= 15 is 0 Å². The number of nitrogens with zero attached hydrogens (tertiary/aromatic N) is 2. The number of morpholine rings is 1. The van der Waals surface area contributed by atoms with Crippen molar-refractivity contribution in [1.29, 1.82) is 0 Å². The van der Waals surface area contributed by atoms with Gasteiger partial charge in [0, 0.05) is 6.54 Å². The number of aryl methyl sites for hydroxylation is 2. The maximum absolute atomic E-state index is 12.3. The van der Waals surface area contributed by atoms with Crippen LogP contribution in [0.15, 0.2) is 0 Å². The van der Waals surface area contributed by atoms with Crippen molar-refractivity contribution < 1.29 is 19.4 Å². The van der Waals surface area contributed by atoms with Crippen molar-refractivity contribution in [3.05, 3.63) is 15.6 Å². The minimum absolute atomic E-state index is 0.0396. The molecule has 7 heteroatoms. The second-order valence-corrected chi connectivity index (χ2v) is 5.28. The number of hydrogen-bond acceptors (Lipinski definition) is 5. The van der Waals surface area contributed by atoms with E-state index in [4.69, 9.17) is 9.84 Å². The van der Waals surface area contributed by atoms with Crippen LogP contribution in [0.5, 0.6) is 0 Å². The van der Waals surface area contributed by atoms with E-state index in [1.54, 1.807) is 6.92 Å². The number of rotatable bonds is 2. The van der Waals surface area contributed by atoms with Crippen LogP contribution < -0.4 is 0 Å². The molecule has 0 spiro atoms. The Kier molecular flexibility index (Phi) is 3.63. The highest BCUT2D eigenvalue weighted by atomic mass is 32.1. The van der Waals surface area contributed by atoms with Crippen molar-refractivity contribution in [3.8, 4) is 0 Å². The Labute approximate surface area is 108 Å². The van der Waals surface area contributed by atoms with Crippen molar-refractivity contribution in [2.45, 2.75) is 19.9 Å². The first-order valence-electron chi connectivity index (χ1n) is 5.56. The summed E-state index contributed by atoms with van der Waals surface area (Å²) < 4.78 is 5.11. The largest absolute Gasteiger partial charge is 0.480 e. The quantitative estimate of drug-likeness (QED) is 0.855. The Morgan fingerprint density at radius 1 is 1.50 bits per heavy atom. The van der Waals surface area contributed by atoms with E-state index in [1.807, 2.05) is 6.92 Å². The van der Waals surface area contributed by atoms with Crippen LogP contribution in [0.2, 0.25) is 0 Å². The summed E-state index contributed by atoms with van der Waals surface area (Å²) in [5, 5.41) is 9.89. The van der Waals surface area contributed by atoms with Crippen molar-refractivity contribution in [2.24, 2.45) is 0 Å². The predicted molar refractivity (Wildman–Crippen MR) is 64.9 cm³/mol. The van der Waals surface area contributed by atoms with E-state index in [0.29, 0.717) is 23.7 Å². The number of thiazole rings is 1. The highest BCUT2D eigenvalue weighted by Crippen LogP contribution is 2.21. The van der Waals surface area contributed by atoms with E-state index in [9.17, 15) is 9.59 Å². The summed E-state index contributed by atoms with van der Waals surface area (Å²) in [5.74, 6) is -1.31. The third-order valence-corrected chi connectivity index (χ3v) is 3.83. The molecule has 0 aliphatic carbocycles. The van der Waals surface area contributed by atoms with Gasteiger partial charge in [0.1, 0.15) is 4.88 Å². The fourth-order valence-electron chi connectivity index (χ4n) is 1.91. The molecule has 2 rings (SSSR count). The van der Waals surface area contributed by atoms with E-state index in [0.717, 1.165) is 5.01 Å². The second kappa shape index (κ2) is 5.03. The molecule has 98 valence electrons. The van der Waals surface area contributed by atoms with Crippen LogP contribution in [-0.2, 0) is 9.53 Å². The summed E-state index contributed by atoms with van der Waals surface area (Å²) in [6.07, 6.45) is 0. The fourth-order valence-corrected chi connectivity index (χ4v) is 2.79. The molecule has 1 N–H and O–H groups in total. The molecule has 1 aromatic heterocycles. The zero-order valence-corrected chi connectivity index (χ0v) is 11.0. The number of carbonyl (C=O) groups excluding carboxylic acids is 1. The minimum Gasteiger partial charge on any atom is -0.480 e. The number of carboxylic acid groups (broad SMARTS) is 1. The van der Waals surface area contributed by atoms with E-state index in [1.165, 1.54) is 16.2 Å². The van der Waals surface area contributed by atoms with E-state index in [2.05, 4.69) is 4.98 Å². The van der Waals surface area contributed by atoms with Crippen LogP contribution in [0.3, 0.4) is 0 Å². The summed E-state index contributed by atoms with van der Waals surface area (Å²) in [5.41, 5.74) is 0.651. The average molecular weight is 270 g/mol. The topological polar surface area (TPSA) is 79.7 Å². The molecule has 18 heavy (non-hydrogen) atoms. The Morgan fingerprint density at radius 3 is 2.78 bits per heavy atom. The van der Waals surface area contributed by atoms with Gasteiger partial charge in [0.25, 0.3) is 5.91 Å². The fraction of sp³-hybridized carbons (Fsp3) is 0.545. The number of aliphatic carboxylic acids is 1. The van der Waals surface area contributed by atoms with Gasteiger partial charge in [-0.15, -0.1) is 11.3 Å². The lowest BCUT2D eigenvalue weighted by atomic mass is 10.2. The molecule has 1 atom stereocenters. The van der Waals surface area contributed by atoms with Gasteiger partial charge in [-0.3, -0.25) is 4.79 Å². The maximum atomic E-state index is 12.3. The lowest BCUT2D eigenvalue weighted by molar-refractivity contribution is -0.147. The third kappa shape index (κ3) is 2.37. The molecule has 1 aliphatic heterocycles. The molecule has 0 aromatic carbocycles. The number of carboxylic acids is 1. The lowest BCUT2D eigenvalue weighted by Gasteiger charge is -2.32. The Bertz CT molecular complexity index is 485. The zero-order chi connectivity index (χ0) is 13.3. The van der Waals surface area contributed by atoms with Crippen molar-refractivity contribution >= 4 is 23.2 Å². The molecule has 1 amide bonds. The Morgan fingerprint density at radius 2 is 2.22 bits per heavy atom. The molecule has 0 radical (unpaired) electrons. The molecular weight excluding hydrogens is 256 g/mol. The number of carbonyl (C=O) groups is 2. The molecule has 1 aliphatic rings. The van der Waals surface area contributed by atoms with Gasteiger partial charge in [0.2, 0.25) is 0 Å². The first kappa shape index (κ1) is 13.0. The molecule has 1 fully saturated rings. The smallest absolute Gasteiger partial charge is 0.328 e. The standard InChI is InChI=1S/C11H14N2O4S/c1-6-9(18-7(2)12-6)10(14)13-3-4-17-5-8(13)11(15)16/h8H,3-5H2,1-2H3,(H,15,16)/t8-/m1/s1. The van der Waals surface area contributed by atoms with Crippen molar-refractivity contribution in [1.82, 2.24) is 9.88 Å². The number of ether oxygens (including phenoxy) is 1. The third-order valence-electron chi connectivity index (χ3n) is 2.77. The van der Waals surface area contributed by atoms with E-state index < -0.39 is 12.0 Å². The monoisotopic (exact) mass is 270 g/mol. The summed E-state index contributed by atoms with van der Waals surface area (Å²) in [6.45, 7) is 4.28. The molecular formula is C11H14N2O4S. The van der Waals surface area contributed by atoms with Gasteiger partial charge in [-0.25, -0.2) is 9.78 Å². The van der Waals surface area contributed by atoms with Gasteiger partial charge in [0.15, 0.2) is 6.04 Å². The molecule has 6 nitrogen and oxygen atoms in total. The molecule has 0 saturated carbocycles. The zero-order valence-electron chi connectivity index (χ0n) is 10.2. The lowest BCUT2D eigenvalue weighted by Crippen LogP contribution is -2.52. The summed E-state index contributed by atoms with van der Waals surface area (Å²) in [4.78, 5) is 29.5. The van der Waals surface area contributed by atoms with Gasteiger partial charge < -0.3 is 14.7 Å². The molecule has 0 unspecified atom stereocenters. The van der Waals surface area contributed by atoms with Crippen LogP contribution >= 0.6 is 11.3 Å². The van der Waals surface area contributed by atoms with Crippen molar-refractivity contribution in [2.75, 3.05) is 19.8 Å². The van der Waals surface area contributed by atoms with Crippen LogP contribution in [0.1, 0.15) is 20.4 Å². The number of amides is 1. The normalized spacial score (nSPS) is 19.9. The minimum atomic E-state index is -1.04. The van der Waals surface area contributed by atoms with Gasteiger partial charge in [0.05, 0.1) is 23.9 Å². The number of hydrogen-bond donors (Lipinski definition) is 1. The Hall–Kier alpha value is -1.47. The van der Waals surface area contributed by atoms with Crippen molar-refractivity contribution in [3.63, 3.8) is 0 Å². The van der Waals surface area contributed by atoms with Crippen LogP contribution in [0, 0.1) is 13.8 Å². The summed E-state index contributed by atoms with van der Waals surface area (Å²) >= 11 is 1.29. The highest BCUT2D eigenvalue weighted by Gasteiger charge is 2.34. The SMILES string of the molecule is Cc1nc(C)c(C(=O)N2CCOC[C@@H]2C(=O)O)s1. The highest BCUT2D eigenvalue weighted by molar-refractivity contribution is 7.13. The average Bonchev–Trinajstić information content (AvgIpc) is 2.67. The first-order valence-corrected chi connectivity index (χ1v) is 6.38. The van der Waals surface area contributed by atoms with Crippen LogP contribution in [0.25, 0.3) is 0 Å². The van der Waals surface area contributed by atoms with E-state index in [-0.39, 0.29) is 12.5 Å².